The van der Waals surface area contributed by atoms with Gasteiger partial charge in [-0.05, 0) is 62.9 Å². The molecule has 0 radical (unpaired) electrons. The maximum atomic E-state index is 12.5. The van der Waals surface area contributed by atoms with Crippen LogP contribution in [0.4, 0.5) is 0 Å². The number of para-hydroxylation sites is 1. The zero-order valence-corrected chi connectivity index (χ0v) is 15.0. The Hall–Kier alpha value is -2.14. The normalized spacial score (nSPS) is 18.2. The van der Waals surface area contributed by atoms with E-state index in [-0.39, 0.29) is 5.91 Å². The van der Waals surface area contributed by atoms with Crippen LogP contribution >= 0.6 is 0 Å². The second-order valence-electron chi connectivity index (χ2n) is 6.98. The SMILES string of the molecule is C[C@H]1CCCN(CCCCNC(=O)c2ccccc2-n2cccn2)C1. The lowest BCUT2D eigenvalue weighted by Crippen LogP contribution is -2.35. The first-order valence-corrected chi connectivity index (χ1v) is 9.33. The van der Waals surface area contributed by atoms with Crippen molar-refractivity contribution in [3.63, 3.8) is 0 Å². The van der Waals surface area contributed by atoms with Crippen LogP contribution in [0.3, 0.4) is 0 Å². The molecule has 0 unspecified atom stereocenters. The van der Waals surface area contributed by atoms with Crippen molar-refractivity contribution in [3.8, 4) is 5.69 Å². The van der Waals surface area contributed by atoms with Gasteiger partial charge in [-0.15, -0.1) is 0 Å². The summed E-state index contributed by atoms with van der Waals surface area (Å²) < 4.78 is 1.73. The maximum absolute atomic E-state index is 12.5. The Kier molecular flexibility index (Phi) is 6.23. The van der Waals surface area contributed by atoms with E-state index >= 15 is 0 Å². The molecule has 0 saturated carbocycles. The molecule has 0 spiro atoms. The quantitative estimate of drug-likeness (QED) is 0.788. The summed E-state index contributed by atoms with van der Waals surface area (Å²) in [5, 5.41) is 7.28. The van der Waals surface area contributed by atoms with Crippen molar-refractivity contribution in [2.45, 2.75) is 32.6 Å². The molecule has 1 aliphatic rings. The summed E-state index contributed by atoms with van der Waals surface area (Å²) in [5.41, 5.74) is 1.48. The van der Waals surface area contributed by atoms with Crippen LogP contribution in [0.15, 0.2) is 42.7 Å². The van der Waals surface area contributed by atoms with Crippen LogP contribution < -0.4 is 5.32 Å². The third-order valence-electron chi connectivity index (χ3n) is 4.83. The first kappa shape index (κ1) is 17.7. The molecule has 1 fully saturated rings. The number of benzene rings is 1. The molecule has 5 heteroatoms. The highest BCUT2D eigenvalue weighted by Gasteiger charge is 2.15. The smallest absolute Gasteiger partial charge is 0.253 e. The van der Waals surface area contributed by atoms with Crippen molar-refractivity contribution in [1.29, 1.82) is 0 Å². The molecule has 3 rings (SSSR count). The van der Waals surface area contributed by atoms with Gasteiger partial charge in [-0.25, -0.2) is 4.68 Å². The van der Waals surface area contributed by atoms with Crippen LogP contribution in [0.5, 0.6) is 0 Å². The number of hydrogen-bond donors (Lipinski definition) is 1. The van der Waals surface area contributed by atoms with Gasteiger partial charge in [0.1, 0.15) is 0 Å². The Balaban J connectivity index is 1.44. The van der Waals surface area contributed by atoms with Gasteiger partial charge < -0.3 is 10.2 Å². The molecule has 0 aliphatic carbocycles. The summed E-state index contributed by atoms with van der Waals surface area (Å²) in [6.45, 7) is 6.65. The van der Waals surface area contributed by atoms with Gasteiger partial charge >= 0.3 is 0 Å². The molecule has 1 aliphatic heterocycles. The first-order valence-electron chi connectivity index (χ1n) is 9.33. The molecular weight excluding hydrogens is 312 g/mol. The number of hydrogen-bond acceptors (Lipinski definition) is 3. The Bertz CT molecular complexity index is 668. The van der Waals surface area contributed by atoms with Crippen LogP contribution in [0.2, 0.25) is 0 Å². The van der Waals surface area contributed by atoms with Crippen LogP contribution in [0.1, 0.15) is 43.0 Å². The van der Waals surface area contributed by atoms with Gasteiger partial charge in [0.25, 0.3) is 5.91 Å². The van der Waals surface area contributed by atoms with E-state index in [9.17, 15) is 4.79 Å². The molecule has 1 saturated heterocycles. The largest absolute Gasteiger partial charge is 0.352 e. The molecule has 1 aromatic heterocycles. The summed E-state index contributed by atoms with van der Waals surface area (Å²) in [7, 11) is 0. The Morgan fingerprint density at radius 1 is 1.28 bits per heavy atom. The fourth-order valence-corrected chi connectivity index (χ4v) is 3.52. The second kappa shape index (κ2) is 8.81. The van der Waals surface area contributed by atoms with E-state index in [2.05, 4.69) is 22.2 Å². The fraction of sp³-hybridized carbons (Fsp3) is 0.500. The van der Waals surface area contributed by atoms with Crippen LogP contribution in [-0.4, -0.2) is 46.8 Å². The van der Waals surface area contributed by atoms with Crippen molar-refractivity contribution in [2.24, 2.45) is 5.92 Å². The molecule has 1 N–H and O–H groups in total. The number of aromatic nitrogens is 2. The summed E-state index contributed by atoms with van der Waals surface area (Å²) in [6, 6.07) is 9.43. The van der Waals surface area contributed by atoms with Gasteiger partial charge in [-0.2, -0.15) is 5.10 Å². The number of carbonyl (C=O) groups excluding carboxylic acids is 1. The number of amides is 1. The van der Waals surface area contributed by atoms with E-state index in [0.29, 0.717) is 5.56 Å². The molecule has 1 amide bonds. The Labute approximate surface area is 150 Å². The number of nitrogens with zero attached hydrogens (tertiary/aromatic N) is 3. The zero-order chi connectivity index (χ0) is 17.5. The van der Waals surface area contributed by atoms with Gasteiger partial charge in [0.15, 0.2) is 0 Å². The summed E-state index contributed by atoms with van der Waals surface area (Å²) in [6.07, 6.45) is 8.40. The van der Waals surface area contributed by atoms with Crippen LogP contribution in [-0.2, 0) is 0 Å². The lowest BCUT2D eigenvalue weighted by atomic mass is 10.0. The zero-order valence-electron chi connectivity index (χ0n) is 15.0. The lowest BCUT2D eigenvalue weighted by molar-refractivity contribution is 0.0952. The van der Waals surface area contributed by atoms with E-state index in [4.69, 9.17) is 0 Å². The first-order chi connectivity index (χ1) is 12.2. The van der Waals surface area contributed by atoms with E-state index < -0.39 is 0 Å². The maximum Gasteiger partial charge on any atom is 0.253 e. The lowest BCUT2D eigenvalue weighted by Gasteiger charge is -2.30. The fourth-order valence-electron chi connectivity index (χ4n) is 3.52. The summed E-state index contributed by atoms with van der Waals surface area (Å²) in [5.74, 6) is 0.796. The molecule has 0 bridgehead atoms. The van der Waals surface area contributed by atoms with E-state index in [1.165, 1.54) is 25.9 Å². The van der Waals surface area contributed by atoms with Crippen molar-refractivity contribution >= 4 is 5.91 Å². The second-order valence-corrected chi connectivity index (χ2v) is 6.98. The van der Waals surface area contributed by atoms with E-state index in [1.54, 1.807) is 10.9 Å². The predicted octanol–water partition coefficient (Wildman–Crippen LogP) is 3.11. The topological polar surface area (TPSA) is 50.2 Å². The minimum atomic E-state index is -0.0299. The van der Waals surface area contributed by atoms with Gasteiger partial charge in [-0.3, -0.25) is 4.79 Å². The average molecular weight is 340 g/mol. The Morgan fingerprint density at radius 2 is 2.16 bits per heavy atom. The van der Waals surface area contributed by atoms with Gasteiger partial charge in [0, 0.05) is 25.5 Å². The third kappa shape index (κ3) is 4.92. The van der Waals surface area contributed by atoms with Crippen molar-refractivity contribution in [2.75, 3.05) is 26.2 Å². The highest BCUT2D eigenvalue weighted by Crippen LogP contribution is 2.16. The Morgan fingerprint density at radius 3 is 2.96 bits per heavy atom. The van der Waals surface area contributed by atoms with Crippen LogP contribution in [0, 0.1) is 5.92 Å². The molecule has 1 atom stereocenters. The standard InChI is InChI=1S/C20H28N4O/c1-17-8-6-14-23(16-17)13-5-4-11-21-20(25)18-9-2-3-10-19(18)24-15-7-12-22-24/h2-3,7,9-10,12,15,17H,4-6,8,11,13-14,16H2,1H3,(H,21,25)/t17-/m0/s1. The third-order valence-corrected chi connectivity index (χ3v) is 4.83. The number of piperidine rings is 1. The highest BCUT2D eigenvalue weighted by molar-refractivity contribution is 5.97. The molecule has 2 aromatic rings. The molecular formula is C20H28N4O. The van der Waals surface area contributed by atoms with E-state index in [0.717, 1.165) is 37.5 Å². The van der Waals surface area contributed by atoms with Crippen molar-refractivity contribution in [1.82, 2.24) is 20.0 Å². The summed E-state index contributed by atoms with van der Waals surface area (Å²) >= 11 is 0. The summed E-state index contributed by atoms with van der Waals surface area (Å²) in [4.78, 5) is 15.1. The molecule has 25 heavy (non-hydrogen) atoms. The van der Waals surface area contributed by atoms with Crippen LogP contribution in [0.25, 0.3) is 5.69 Å². The molecule has 5 nitrogen and oxygen atoms in total. The highest BCUT2D eigenvalue weighted by atomic mass is 16.1. The van der Waals surface area contributed by atoms with Gasteiger partial charge in [0.05, 0.1) is 11.3 Å². The average Bonchev–Trinajstić information content (AvgIpc) is 3.16. The number of carbonyl (C=O) groups is 1. The molecule has 1 aromatic carbocycles. The minimum absolute atomic E-state index is 0.0299. The minimum Gasteiger partial charge on any atom is -0.352 e. The van der Waals surface area contributed by atoms with Gasteiger partial charge in [-0.1, -0.05) is 19.1 Å². The molecule has 134 valence electrons. The number of unbranched alkanes of at least 4 members (excludes halogenated alkanes) is 1. The number of rotatable bonds is 7. The predicted molar refractivity (Wildman–Crippen MR) is 100.0 cm³/mol. The number of nitrogens with one attached hydrogen (secondary N) is 1. The number of likely N-dealkylation sites (tertiary alicyclic amines) is 1. The monoisotopic (exact) mass is 340 g/mol. The van der Waals surface area contributed by atoms with Crippen molar-refractivity contribution in [3.05, 3.63) is 48.3 Å². The van der Waals surface area contributed by atoms with E-state index in [1.807, 2.05) is 36.5 Å². The molecule has 2 heterocycles. The van der Waals surface area contributed by atoms with Gasteiger partial charge in [0.2, 0.25) is 0 Å². The van der Waals surface area contributed by atoms with Crippen molar-refractivity contribution < 1.29 is 4.79 Å².